The first-order chi connectivity index (χ1) is 11.2. The zero-order valence-electron chi connectivity index (χ0n) is 14.2. The van der Waals surface area contributed by atoms with Gasteiger partial charge in [0.05, 0.1) is 11.5 Å². The van der Waals surface area contributed by atoms with Gasteiger partial charge in [0.1, 0.15) is 5.60 Å². The maximum atomic E-state index is 12.7. The van der Waals surface area contributed by atoms with E-state index in [1.165, 1.54) is 12.1 Å². The quantitative estimate of drug-likeness (QED) is 0.803. The summed E-state index contributed by atoms with van der Waals surface area (Å²) in [6, 6.07) is 8.23. The van der Waals surface area contributed by atoms with E-state index >= 15 is 0 Å². The van der Waals surface area contributed by atoms with Crippen LogP contribution in [0.5, 0.6) is 0 Å². The molecule has 0 atom stereocenters. The summed E-state index contributed by atoms with van der Waals surface area (Å²) in [6.45, 7) is 6.22. The maximum Gasteiger partial charge on any atom is 0.410 e. The number of rotatable bonds is 2. The Morgan fingerprint density at radius 1 is 1.25 bits per heavy atom. The number of amides is 1. The molecule has 0 aromatic heterocycles. The number of ether oxygens (including phenoxy) is 1. The Morgan fingerprint density at radius 2 is 1.79 bits per heavy atom. The molecule has 0 aliphatic carbocycles. The average molecular weight is 336 g/mol. The van der Waals surface area contributed by atoms with Crippen molar-refractivity contribution in [3.63, 3.8) is 0 Å². The highest BCUT2D eigenvalue weighted by Gasteiger charge is 2.38. The van der Waals surface area contributed by atoms with Gasteiger partial charge in [-0.05, 0) is 39.2 Å². The van der Waals surface area contributed by atoms with Crippen LogP contribution >= 0.6 is 0 Å². The lowest BCUT2D eigenvalue weighted by Crippen LogP contribution is -2.46. The van der Waals surface area contributed by atoms with Crippen molar-refractivity contribution >= 4 is 6.09 Å². The molecule has 130 valence electrons. The highest BCUT2D eigenvalue weighted by atomic mass is 19.3. The number of carbonyl (C=O) groups excluding carboxylic acids is 1. The van der Waals surface area contributed by atoms with E-state index in [2.05, 4.69) is 6.07 Å². The van der Waals surface area contributed by atoms with Crippen molar-refractivity contribution < 1.29 is 18.3 Å². The molecule has 0 bridgehead atoms. The lowest BCUT2D eigenvalue weighted by atomic mass is 9.74. The number of piperidine rings is 1. The minimum Gasteiger partial charge on any atom is -0.444 e. The summed E-state index contributed by atoms with van der Waals surface area (Å²) in [5, 5.41) is 9.65. The Bertz CT molecular complexity index is 622. The molecule has 0 radical (unpaired) electrons. The second-order valence-corrected chi connectivity index (χ2v) is 7.08. The van der Waals surface area contributed by atoms with E-state index in [-0.39, 0.29) is 11.7 Å². The number of hydrogen-bond acceptors (Lipinski definition) is 3. The van der Waals surface area contributed by atoms with Crippen molar-refractivity contribution in [2.45, 2.75) is 51.1 Å². The molecule has 1 amide bonds. The fourth-order valence-corrected chi connectivity index (χ4v) is 2.81. The standard InChI is InChI=1S/C18H22F2N2O2/c1-17(2,3)24-16(23)22-10-8-18(12-21,9-11-22)14-6-4-13(5-7-14)15(19)20/h4-7,15H,8-11H2,1-3H3. The number of alkyl halides is 2. The van der Waals surface area contributed by atoms with Gasteiger partial charge in [-0.15, -0.1) is 0 Å². The SMILES string of the molecule is CC(C)(C)OC(=O)N1CCC(C#N)(c2ccc(C(F)F)cc2)CC1. The molecule has 6 heteroatoms. The highest BCUT2D eigenvalue weighted by Crippen LogP contribution is 2.36. The molecule has 1 aliphatic heterocycles. The lowest BCUT2D eigenvalue weighted by Gasteiger charge is -2.38. The van der Waals surface area contributed by atoms with Gasteiger partial charge < -0.3 is 9.64 Å². The van der Waals surface area contributed by atoms with Crippen LogP contribution in [0, 0.1) is 11.3 Å². The summed E-state index contributed by atoms with van der Waals surface area (Å²) in [5.74, 6) is 0. The van der Waals surface area contributed by atoms with Crippen LogP contribution in [-0.4, -0.2) is 29.7 Å². The van der Waals surface area contributed by atoms with Crippen LogP contribution < -0.4 is 0 Å². The second kappa shape index (κ2) is 6.76. The Kier molecular flexibility index (Phi) is 5.12. The third kappa shape index (κ3) is 4.02. The monoisotopic (exact) mass is 336 g/mol. The number of carbonyl (C=O) groups is 1. The zero-order chi connectivity index (χ0) is 18.0. The van der Waals surface area contributed by atoms with Crippen molar-refractivity contribution in [2.75, 3.05) is 13.1 Å². The first-order valence-corrected chi connectivity index (χ1v) is 7.95. The molecule has 1 fully saturated rings. The fourth-order valence-electron chi connectivity index (χ4n) is 2.81. The summed E-state index contributed by atoms with van der Waals surface area (Å²) in [5.41, 5.74) is -0.651. The summed E-state index contributed by atoms with van der Waals surface area (Å²) in [7, 11) is 0. The third-order valence-corrected chi connectivity index (χ3v) is 4.20. The second-order valence-electron chi connectivity index (χ2n) is 7.08. The summed E-state index contributed by atoms with van der Waals surface area (Å²) in [4.78, 5) is 13.7. The molecule has 1 aromatic rings. The normalized spacial score (nSPS) is 17.5. The Hall–Kier alpha value is -2.16. The van der Waals surface area contributed by atoms with E-state index in [4.69, 9.17) is 4.74 Å². The highest BCUT2D eigenvalue weighted by molar-refractivity contribution is 5.68. The molecule has 1 saturated heterocycles. The molecular formula is C18H22F2N2O2. The van der Waals surface area contributed by atoms with Crippen molar-refractivity contribution in [1.29, 1.82) is 5.26 Å². The van der Waals surface area contributed by atoms with Crippen LogP contribution in [0.3, 0.4) is 0 Å². The van der Waals surface area contributed by atoms with Crippen LogP contribution in [0.25, 0.3) is 0 Å². The molecule has 0 saturated carbocycles. The first kappa shape index (κ1) is 18.2. The summed E-state index contributed by atoms with van der Waals surface area (Å²) >= 11 is 0. The van der Waals surface area contributed by atoms with Gasteiger partial charge in [0.2, 0.25) is 0 Å². The van der Waals surface area contributed by atoms with Crippen LogP contribution in [0.4, 0.5) is 13.6 Å². The van der Waals surface area contributed by atoms with E-state index in [9.17, 15) is 18.8 Å². The topological polar surface area (TPSA) is 53.3 Å². The van der Waals surface area contributed by atoms with E-state index < -0.39 is 17.4 Å². The zero-order valence-corrected chi connectivity index (χ0v) is 14.2. The smallest absolute Gasteiger partial charge is 0.410 e. The average Bonchev–Trinajstić information content (AvgIpc) is 2.53. The number of benzene rings is 1. The van der Waals surface area contributed by atoms with Gasteiger partial charge in [0, 0.05) is 18.7 Å². The molecule has 24 heavy (non-hydrogen) atoms. The van der Waals surface area contributed by atoms with Gasteiger partial charge in [-0.2, -0.15) is 5.26 Å². The number of hydrogen-bond donors (Lipinski definition) is 0. The molecule has 0 unspecified atom stereocenters. The maximum absolute atomic E-state index is 12.7. The molecular weight excluding hydrogens is 314 g/mol. The molecule has 4 nitrogen and oxygen atoms in total. The molecule has 1 heterocycles. The van der Waals surface area contributed by atoms with Crippen molar-refractivity contribution in [2.24, 2.45) is 0 Å². The minimum absolute atomic E-state index is 0.0574. The lowest BCUT2D eigenvalue weighted by molar-refractivity contribution is 0.0185. The number of likely N-dealkylation sites (tertiary alicyclic amines) is 1. The minimum atomic E-state index is -2.52. The van der Waals surface area contributed by atoms with E-state index in [1.54, 1.807) is 37.8 Å². The van der Waals surface area contributed by atoms with E-state index in [0.29, 0.717) is 25.9 Å². The molecule has 1 aliphatic rings. The number of nitriles is 1. The van der Waals surface area contributed by atoms with Gasteiger partial charge in [-0.3, -0.25) is 0 Å². The van der Waals surface area contributed by atoms with Crippen LogP contribution in [0.15, 0.2) is 24.3 Å². The largest absolute Gasteiger partial charge is 0.444 e. The van der Waals surface area contributed by atoms with Gasteiger partial charge >= 0.3 is 6.09 Å². The van der Waals surface area contributed by atoms with Gasteiger partial charge in [0.15, 0.2) is 0 Å². The fraction of sp³-hybridized carbons (Fsp3) is 0.556. The molecule has 1 aromatic carbocycles. The first-order valence-electron chi connectivity index (χ1n) is 7.95. The van der Waals surface area contributed by atoms with Crippen LogP contribution in [-0.2, 0) is 10.2 Å². The van der Waals surface area contributed by atoms with Crippen LogP contribution in [0.1, 0.15) is 51.2 Å². The predicted molar refractivity (Wildman–Crippen MR) is 85.7 cm³/mol. The van der Waals surface area contributed by atoms with Crippen molar-refractivity contribution in [3.8, 4) is 6.07 Å². The van der Waals surface area contributed by atoms with Crippen LogP contribution in [0.2, 0.25) is 0 Å². The number of halogens is 2. The van der Waals surface area contributed by atoms with Crippen molar-refractivity contribution in [3.05, 3.63) is 35.4 Å². The molecule has 2 rings (SSSR count). The predicted octanol–water partition coefficient (Wildman–Crippen LogP) is 4.42. The number of nitrogens with zero attached hydrogens (tertiary/aromatic N) is 2. The summed E-state index contributed by atoms with van der Waals surface area (Å²) < 4.78 is 30.7. The van der Waals surface area contributed by atoms with E-state index in [0.717, 1.165) is 5.56 Å². The van der Waals surface area contributed by atoms with Gasteiger partial charge in [-0.25, -0.2) is 13.6 Å². The van der Waals surface area contributed by atoms with Gasteiger partial charge in [-0.1, -0.05) is 24.3 Å². The molecule has 0 N–H and O–H groups in total. The Balaban J connectivity index is 2.09. The van der Waals surface area contributed by atoms with Gasteiger partial charge in [0.25, 0.3) is 6.43 Å². The third-order valence-electron chi connectivity index (χ3n) is 4.20. The van der Waals surface area contributed by atoms with Crippen molar-refractivity contribution in [1.82, 2.24) is 4.90 Å². The Morgan fingerprint density at radius 3 is 2.21 bits per heavy atom. The Labute approximate surface area is 141 Å². The summed E-state index contributed by atoms with van der Waals surface area (Å²) in [6.07, 6.45) is -2.00. The molecule has 0 spiro atoms. The van der Waals surface area contributed by atoms with E-state index in [1.807, 2.05) is 0 Å².